The minimum atomic E-state index is 0.106. The predicted molar refractivity (Wildman–Crippen MR) is 68.3 cm³/mol. The first-order valence-corrected chi connectivity index (χ1v) is 5.92. The summed E-state index contributed by atoms with van der Waals surface area (Å²) >= 11 is 12.0. The van der Waals surface area contributed by atoms with E-state index in [4.69, 9.17) is 23.2 Å². The van der Waals surface area contributed by atoms with Crippen LogP contribution in [0.1, 0.15) is 18.5 Å². The van der Waals surface area contributed by atoms with Gasteiger partial charge in [-0.2, -0.15) is 0 Å². The van der Waals surface area contributed by atoms with E-state index in [-0.39, 0.29) is 6.04 Å². The molecule has 0 saturated carbocycles. The summed E-state index contributed by atoms with van der Waals surface area (Å²) in [7, 11) is 0. The molecule has 0 unspecified atom stereocenters. The fourth-order valence-electron chi connectivity index (χ4n) is 1.63. The molecule has 1 aliphatic heterocycles. The van der Waals surface area contributed by atoms with Crippen molar-refractivity contribution in [2.24, 2.45) is 4.99 Å². The normalized spacial score (nSPS) is 16.6. The van der Waals surface area contributed by atoms with Crippen molar-refractivity contribution in [1.82, 2.24) is 10.6 Å². The van der Waals surface area contributed by atoms with Crippen LogP contribution in [-0.4, -0.2) is 19.0 Å². The molecule has 0 spiro atoms. The molecule has 0 amide bonds. The quantitative estimate of drug-likeness (QED) is 0.855. The standard InChI is InChI=1S/C11H13Cl2N3/c1-7(16-11-14-4-5-15-11)9-3-2-8(12)6-10(9)13/h2-3,6-7H,4-5H2,1H3,(H2,14,15,16)/t7-/m1/s1. The van der Waals surface area contributed by atoms with Crippen molar-refractivity contribution >= 4 is 29.2 Å². The molecular formula is C11H13Cl2N3. The first-order chi connectivity index (χ1) is 7.66. The second-order valence-electron chi connectivity index (χ2n) is 3.69. The number of hydrogen-bond donors (Lipinski definition) is 2. The number of hydrogen-bond acceptors (Lipinski definition) is 3. The van der Waals surface area contributed by atoms with Crippen LogP contribution in [0, 0.1) is 0 Å². The van der Waals surface area contributed by atoms with E-state index in [0.717, 1.165) is 24.6 Å². The van der Waals surface area contributed by atoms with Gasteiger partial charge in [-0.3, -0.25) is 4.99 Å². The number of benzene rings is 1. The summed E-state index contributed by atoms with van der Waals surface area (Å²) in [5.41, 5.74) is 1.02. The number of aliphatic imine (C=N–C) groups is 1. The van der Waals surface area contributed by atoms with E-state index in [2.05, 4.69) is 15.6 Å². The maximum Gasteiger partial charge on any atom is 0.191 e. The highest BCUT2D eigenvalue weighted by atomic mass is 35.5. The molecule has 1 aliphatic rings. The first kappa shape index (κ1) is 11.6. The van der Waals surface area contributed by atoms with Crippen molar-refractivity contribution in [3.8, 4) is 0 Å². The van der Waals surface area contributed by atoms with Crippen LogP contribution in [-0.2, 0) is 0 Å². The average molecular weight is 258 g/mol. The van der Waals surface area contributed by atoms with E-state index in [1.807, 2.05) is 19.1 Å². The van der Waals surface area contributed by atoms with Crippen LogP contribution >= 0.6 is 23.2 Å². The fraction of sp³-hybridized carbons (Fsp3) is 0.364. The molecule has 1 heterocycles. The largest absolute Gasteiger partial charge is 0.355 e. The Labute approximate surface area is 105 Å². The van der Waals surface area contributed by atoms with E-state index >= 15 is 0 Å². The molecule has 1 aromatic rings. The van der Waals surface area contributed by atoms with Crippen molar-refractivity contribution < 1.29 is 0 Å². The third-order valence-electron chi connectivity index (χ3n) is 2.46. The molecule has 1 atom stereocenters. The third kappa shape index (κ3) is 2.60. The molecule has 3 nitrogen and oxygen atoms in total. The fourth-order valence-corrected chi connectivity index (χ4v) is 2.20. The number of nitrogens with one attached hydrogen (secondary N) is 2. The van der Waals surface area contributed by atoms with Gasteiger partial charge in [0.25, 0.3) is 0 Å². The molecule has 2 N–H and O–H groups in total. The number of rotatable bonds is 2. The SMILES string of the molecule is C[C@@H](NC1=NCCN1)c1ccc(Cl)cc1Cl. The van der Waals surface area contributed by atoms with Crippen molar-refractivity contribution in [2.75, 3.05) is 13.1 Å². The zero-order valence-electron chi connectivity index (χ0n) is 8.93. The van der Waals surface area contributed by atoms with Gasteiger partial charge in [0.05, 0.1) is 12.6 Å². The Balaban J connectivity index is 2.10. The molecule has 86 valence electrons. The molecule has 0 radical (unpaired) electrons. The molecule has 0 fully saturated rings. The lowest BCUT2D eigenvalue weighted by atomic mass is 10.1. The number of guanidine groups is 1. The lowest BCUT2D eigenvalue weighted by molar-refractivity contribution is 0.702. The second kappa shape index (κ2) is 4.93. The molecule has 0 aromatic heterocycles. The van der Waals surface area contributed by atoms with Gasteiger partial charge in [0, 0.05) is 16.6 Å². The highest BCUT2D eigenvalue weighted by molar-refractivity contribution is 6.35. The summed E-state index contributed by atoms with van der Waals surface area (Å²) in [4.78, 5) is 4.27. The summed E-state index contributed by atoms with van der Waals surface area (Å²) in [5, 5.41) is 7.75. The van der Waals surface area contributed by atoms with Crippen LogP contribution in [0.3, 0.4) is 0 Å². The van der Waals surface area contributed by atoms with Gasteiger partial charge in [0.1, 0.15) is 0 Å². The summed E-state index contributed by atoms with van der Waals surface area (Å²) < 4.78 is 0. The Bertz CT molecular complexity index is 418. The van der Waals surface area contributed by atoms with E-state index in [1.54, 1.807) is 6.07 Å². The Morgan fingerprint density at radius 3 is 2.88 bits per heavy atom. The van der Waals surface area contributed by atoms with Crippen LogP contribution in [0.5, 0.6) is 0 Å². The third-order valence-corrected chi connectivity index (χ3v) is 3.02. The minimum Gasteiger partial charge on any atom is -0.355 e. The predicted octanol–water partition coefficient (Wildman–Crippen LogP) is 2.60. The summed E-state index contributed by atoms with van der Waals surface area (Å²) in [6.45, 7) is 3.75. The molecule has 0 aliphatic carbocycles. The molecule has 0 saturated heterocycles. The number of nitrogens with zero attached hydrogens (tertiary/aromatic N) is 1. The molecule has 5 heteroatoms. The van der Waals surface area contributed by atoms with Gasteiger partial charge in [-0.05, 0) is 24.6 Å². The lowest BCUT2D eigenvalue weighted by Gasteiger charge is -2.16. The lowest BCUT2D eigenvalue weighted by Crippen LogP contribution is -2.35. The number of halogens is 2. The first-order valence-electron chi connectivity index (χ1n) is 5.16. The van der Waals surface area contributed by atoms with Crippen LogP contribution < -0.4 is 10.6 Å². The van der Waals surface area contributed by atoms with E-state index in [9.17, 15) is 0 Å². The monoisotopic (exact) mass is 257 g/mol. The maximum atomic E-state index is 6.13. The summed E-state index contributed by atoms with van der Waals surface area (Å²) in [6, 6.07) is 5.62. The molecule has 2 rings (SSSR count). The minimum absolute atomic E-state index is 0.106. The van der Waals surface area contributed by atoms with E-state index in [0.29, 0.717) is 10.0 Å². The summed E-state index contributed by atoms with van der Waals surface area (Å²) in [6.07, 6.45) is 0. The van der Waals surface area contributed by atoms with Crippen LogP contribution in [0.4, 0.5) is 0 Å². The van der Waals surface area contributed by atoms with E-state index < -0.39 is 0 Å². The van der Waals surface area contributed by atoms with Crippen molar-refractivity contribution in [3.63, 3.8) is 0 Å². The highest BCUT2D eigenvalue weighted by Crippen LogP contribution is 2.25. The Morgan fingerprint density at radius 1 is 1.44 bits per heavy atom. The zero-order valence-corrected chi connectivity index (χ0v) is 10.4. The van der Waals surface area contributed by atoms with Gasteiger partial charge in [-0.15, -0.1) is 0 Å². The van der Waals surface area contributed by atoms with Gasteiger partial charge >= 0.3 is 0 Å². The van der Waals surface area contributed by atoms with Gasteiger partial charge in [-0.25, -0.2) is 0 Å². The second-order valence-corrected chi connectivity index (χ2v) is 4.53. The topological polar surface area (TPSA) is 36.4 Å². The summed E-state index contributed by atoms with van der Waals surface area (Å²) in [5.74, 6) is 0.832. The average Bonchev–Trinajstić information content (AvgIpc) is 2.70. The molecule has 16 heavy (non-hydrogen) atoms. The van der Waals surface area contributed by atoms with Crippen LogP contribution in [0.15, 0.2) is 23.2 Å². The van der Waals surface area contributed by atoms with Gasteiger partial charge < -0.3 is 10.6 Å². The van der Waals surface area contributed by atoms with Gasteiger partial charge in [0.15, 0.2) is 5.96 Å². The Kier molecular flexibility index (Phi) is 3.56. The Morgan fingerprint density at radius 2 is 2.25 bits per heavy atom. The molecule has 1 aromatic carbocycles. The van der Waals surface area contributed by atoms with Crippen molar-refractivity contribution in [3.05, 3.63) is 33.8 Å². The van der Waals surface area contributed by atoms with Gasteiger partial charge in [-0.1, -0.05) is 29.3 Å². The van der Waals surface area contributed by atoms with Crippen molar-refractivity contribution in [1.29, 1.82) is 0 Å². The highest BCUT2D eigenvalue weighted by Gasteiger charge is 2.13. The molecule has 0 bridgehead atoms. The van der Waals surface area contributed by atoms with Crippen LogP contribution in [0.2, 0.25) is 10.0 Å². The van der Waals surface area contributed by atoms with Crippen molar-refractivity contribution in [2.45, 2.75) is 13.0 Å². The van der Waals surface area contributed by atoms with Gasteiger partial charge in [0.2, 0.25) is 0 Å². The molecular weight excluding hydrogens is 245 g/mol. The smallest absolute Gasteiger partial charge is 0.191 e. The maximum absolute atomic E-state index is 6.13. The van der Waals surface area contributed by atoms with E-state index in [1.165, 1.54) is 0 Å². The zero-order chi connectivity index (χ0) is 11.5. The Hall–Kier alpha value is -0.930. The van der Waals surface area contributed by atoms with Crippen LogP contribution in [0.25, 0.3) is 0 Å².